The molecular formula is C16H17ClN4O4S. The summed E-state index contributed by atoms with van der Waals surface area (Å²) in [4.78, 5) is 27.9. The smallest absolute Gasteiger partial charge is 0.267 e. The van der Waals surface area contributed by atoms with Crippen molar-refractivity contribution < 1.29 is 18.0 Å². The quantitative estimate of drug-likeness (QED) is 0.662. The molecule has 0 radical (unpaired) electrons. The number of rotatable bonds is 5. The number of hydrogen-bond acceptors (Lipinski definition) is 5. The van der Waals surface area contributed by atoms with Gasteiger partial charge < -0.3 is 0 Å². The van der Waals surface area contributed by atoms with Gasteiger partial charge in [0.25, 0.3) is 11.8 Å². The SMILES string of the molecule is CC(C)NS(=O)(=O)c1ccc(Cl)c(C(=O)NNC(=O)c2cccnc2)c1. The molecule has 0 unspecified atom stereocenters. The predicted molar refractivity (Wildman–Crippen MR) is 96.1 cm³/mol. The van der Waals surface area contributed by atoms with Crippen molar-refractivity contribution in [2.45, 2.75) is 24.8 Å². The first-order valence-corrected chi connectivity index (χ1v) is 9.39. The van der Waals surface area contributed by atoms with Crippen LogP contribution in [0.15, 0.2) is 47.6 Å². The van der Waals surface area contributed by atoms with E-state index < -0.39 is 21.8 Å². The number of carbonyl (C=O) groups is 2. The molecule has 1 heterocycles. The second kappa shape index (κ2) is 8.26. The molecule has 0 bridgehead atoms. The normalized spacial score (nSPS) is 11.2. The molecule has 2 rings (SSSR count). The third-order valence-corrected chi connectivity index (χ3v) is 5.08. The first-order valence-electron chi connectivity index (χ1n) is 7.53. The molecule has 138 valence electrons. The number of sulfonamides is 1. The second-order valence-electron chi connectivity index (χ2n) is 5.57. The molecule has 0 spiro atoms. The van der Waals surface area contributed by atoms with E-state index in [1.165, 1.54) is 30.6 Å². The van der Waals surface area contributed by atoms with E-state index in [1.54, 1.807) is 19.9 Å². The number of nitrogens with one attached hydrogen (secondary N) is 3. The first-order chi connectivity index (χ1) is 12.2. The van der Waals surface area contributed by atoms with E-state index >= 15 is 0 Å². The molecule has 0 saturated heterocycles. The standard InChI is InChI=1S/C16H17ClN4O4S/c1-10(2)21-26(24,25)12-5-6-14(17)13(8-12)16(23)20-19-15(22)11-4-3-7-18-9-11/h3-10,21H,1-2H3,(H,19,22)(H,20,23). The Morgan fingerprint density at radius 3 is 2.42 bits per heavy atom. The molecule has 0 saturated carbocycles. The van der Waals surface area contributed by atoms with Crippen LogP contribution in [0, 0.1) is 0 Å². The van der Waals surface area contributed by atoms with E-state index in [9.17, 15) is 18.0 Å². The number of pyridine rings is 1. The molecular weight excluding hydrogens is 380 g/mol. The average Bonchev–Trinajstić information content (AvgIpc) is 2.59. The number of hydrazine groups is 1. The lowest BCUT2D eigenvalue weighted by Gasteiger charge is -2.12. The minimum absolute atomic E-state index is 0.0432. The molecule has 0 aliphatic rings. The molecule has 0 fully saturated rings. The summed E-state index contributed by atoms with van der Waals surface area (Å²) in [6.07, 6.45) is 2.84. The maximum absolute atomic E-state index is 12.3. The van der Waals surface area contributed by atoms with Gasteiger partial charge in [0.1, 0.15) is 0 Å². The van der Waals surface area contributed by atoms with E-state index in [4.69, 9.17) is 11.6 Å². The van der Waals surface area contributed by atoms with Gasteiger partial charge in [-0.25, -0.2) is 13.1 Å². The van der Waals surface area contributed by atoms with Crippen LogP contribution in [0.2, 0.25) is 5.02 Å². The summed E-state index contributed by atoms with van der Waals surface area (Å²) in [5.74, 6) is -1.33. The van der Waals surface area contributed by atoms with Gasteiger partial charge in [0.15, 0.2) is 0 Å². The Bertz CT molecular complexity index is 917. The second-order valence-corrected chi connectivity index (χ2v) is 7.69. The molecule has 26 heavy (non-hydrogen) atoms. The molecule has 3 N–H and O–H groups in total. The highest BCUT2D eigenvalue weighted by atomic mass is 35.5. The van der Waals surface area contributed by atoms with Crippen molar-refractivity contribution in [1.82, 2.24) is 20.6 Å². The Morgan fingerprint density at radius 1 is 1.12 bits per heavy atom. The Morgan fingerprint density at radius 2 is 1.81 bits per heavy atom. The van der Waals surface area contributed by atoms with Crippen molar-refractivity contribution in [1.29, 1.82) is 0 Å². The molecule has 0 aliphatic carbocycles. The van der Waals surface area contributed by atoms with Crippen LogP contribution in [0.4, 0.5) is 0 Å². The Hall–Kier alpha value is -2.49. The van der Waals surface area contributed by atoms with E-state index in [0.29, 0.717) is 0 Å². The molecule has 1 aromatic carbocycles. The number of aromatic nitrogens is 1. The van der Waals surface area contributed by atoms with Crippen LogP contribution in [-0.4, -0.2) is 31.3 Å². The number of hydrogen-bond donors (Lipinski definition) is 3. The van der Waals surface area contributed by atoms with Crippen molar-refractivity contribution >= 4 is 33.4 Å². The largest absolute Gasteiger partial charge is 0.271 e. The van der Waals surface area contributed by atoms with Crippen LogP contribution in [0.5, 0.6) is 0 Å². The molecule has 10 heteroatoms. The van der Waals surface area contributed by atoms with Gasteiger partial charge in [0.05, 0.1) is 21.0 Å². The monoisotopic (exact) mass is 396 g/mol. The lowest BCUT2D eigenvalue weighted by Crippen LogP contribution is -2.41. The molecule has 0 aliphatic heterocycles. The summed E-state index contributed by atoms with van der Waals surface area (Å²) < 4.78 is 26.8. The predicted octanol–water partition coefficient (Wildman–Crippen LogP) is 1.50. The number of halogens is 1. The first kappa shape index (κ1) is 19.8. The van der Waals surface area contributed by atoms with Gasteiger partial charge in [-0.1, -0.05) is 11.6 Å². The zero-order valence-electron chi connectivity index (χ0n) is 14.0. The van der Waals surface area contributed by atoms with Gasteiger partial charge in [-0.3, -0.25) is 25.4 Å². The fourth-order valence-corrected chi connectivity index (χ4v) is 3.45. The number of benzene rings is 1. The number of nitrogens with zero attached hydrogens (tertiary/aromatic N) is 1. The van der Waals surface area contributed by atoms with Gasteiger partial charge >= 0.3 is 0 Å². The summed E-state index contributed by atoms with van der Waals surface area (Å²) in [5.41, 5.74) is 4.56. The topological polar surface area (TPSA) is 117 Å². The average molecular weight is 397 g/mol. The van der Waals surface area contributed by atoms with Crippen molar-refractivity contribution in [2.24, 2.45) is 0 Å². The van der Waals surface area contributed by atoms with Crippen LogP contribution in [0.1, 0.15) is 34.6 Å². The van der Waals surface area contributed by atoms with E-state index in [-0.39, 0.29) is 27.1 Å². The molecule has 2 amide bonds. The van der Waals surface area contributed by atoms with Crippen LogP contribution in [0.3, 0.4) is 0 Å². The van der Waals surface area contributed by atoms with Gasteiger partial charge in [-0.2, -0.15) is 0 Å². The summed E-state index contributed by atoms with van der Waals surface area (Å²) in [6, 6.07) is 6.51. The van der Waals surface area contributed by atoms with Crippen molar-refractivity contribution in [2.75, 3.05) is 0 Å². The zero-order chi connectivity index (χ0) is 19.3. The molecule has 1 aromatic heterocycles. The number of amides is 2. The fourth-order valence-electron chi connectivity index (χ4n) is 1.97. The van der Waals surface area contributed by atoms with Crippen LogP contribution >= 0.6 is 11.6 Å². The maximum Gasteiger partial charge on any atom is 0.271 e. The lowest BCUT2D eigenvalue weighted by molar-refractivity contribution is 0.0846. The van der Waals surface area contributed by atoms with E-state index in [0.717, 1.165) is 6.07 Å². The lowest BCUT2D eigenvalue weighted by atomic mass is 10.2. The van der Waals surface area contributed by atoms with E-state index in [2.05, 4.69) is 20.6 Å². The van der Waals surface area contributed by atoms with Crippen LogP contribution < -0.4 is 15.6 Å². The van der Waals surface area contributed by atoms with E-state index in [1.807, 2.05) is 0 Å². The Kier molecular flexibility index (Phi) is 6.30. The summed E-state index contributed by atoms with van der Waals surface area (Å²) in [6.45, 7) is 3.35. The van der Waals surface area contributed by atoms with Crippen LogP contribution in [-0.2, 0) is 10.0 Å². The Balaban J connectivity index is 2.16. The van der Waals surface area contributed by atoms with Gasteiger partial charge in [-0.05, 0) is 44.2 Å². The Labute approximate surface area is 156 Å². The molecule has 2 aromatic rings. The summed E-state index contributed by atoms with van der Waals surface area (Å²) in [7, 11) is -3.79. The highest BCUT2D eigenvalue weighted by molar-refractivity contribution is 7.89. The third-order valence-electron chi connectivity index (χ3n) is 3.10. The van der Waals surface area contributed by atoms with Gasteiger partial charge in [-0.15, -0.1) is 0 Å². The molecule has 0 atom stereocenters. The summed E-state index contributed by atoms with van der Waals surface area (Å²) in [5, 5.41) is 0.0432. The number of carbonyl (C=O) groups excluding carboxylic acids is 2. The van der Waals surface area contributed by atoms with Gasteiger partial charge in [0.2, 0.25) is 10.0 Å². The van der Waals surface area contributed by atoms with Crippen molar-refractivity contribution in [3.05, 3.63) is 58.9 Å². The van der Waals surface area contributed by atoms with Crippen molar-refractivity contribution in [3.8, 4) is 0 Å². The van der Waals surface area contributed by atoms with Crippen molar-refractivity contribution in [3.63, 3.8) is 0 Å². The summed E-state index contributed by atoms with van der Waals surface area (Å²) >= 11 is 5.98. The fraction of sp³-hybridized carbons (Fsp3) is 0.188. The minimum Gasteiger partial charge on any atom is -0.267 e. The minimum atomic E-state index is -3.79. The third kappa shape index (κ3) is 5.01. The zero-order valence-corrected chi connectivity index (χ0v) is 15.6. The highest BCUT2D eigenvalue weighted by Gasteiger charge is 2.20. The van der Waals surface area contributed by atoms with Gasteiger partial charge in [0, 0.05) is 18.4 Å². The molecule has 8 nitrogen and oxygen atoms in total. The highest BCUT2D eigenvalue weighted by Crippen LogP contribution is 2.20. The van der Waals surface area contributed by atoms with Crippen LogP contribution in [0.25, 0.3) is 0 Å². The maximum atomic E-state index is 12.3.